The number of rotatable bonds is 3. The van der Waals surface area contributed by atoms with Gasteiger partial charge in [0.05, 0.1) is 17.9 Å². The van der Waals surface area contributed by atoms with Crippen molar-refractivity contribution < 1.29 is 4.79 Å². The fraction of sp³-hybridized carbons (Fsp3) is 0.364. The van der Waals surface area contributed by atoms with E-state index in [0.717, 1.165) is 10.2 Å². The summed E-state index contributed by atoms with van der Waals surface area (Å²) in [6.45, 7) is 0.318. The molecule has 0 aliphatic heterocycles. The molecule has 0 saturated carbocycles. The molecule has 1 aromatic rings. The lowest BCUT2D eigenvalue weighted by Gasteiger charge is -2.22. The van der Waals surface area contributed by atoms with Crippen LogP contribution in [0, 0.1) is 0 Å². The summed E-state index contributed by atoms with van der Waals surface area (Å²) in [4.78, 5) is 14.9. The number of amides is 1. The van der Waals surface area contributed by atoms with Gasteiger partial charge in [0.1, 0.15) is 0 Å². The zero-order chi connectivity index (χ0) is 12.3. The normalized spacial score (nSPS) is 10.0. The van der Waals surface area contributed by atoms with Gasteiger partial charge < -0.3 is 15.5 Å². The second-order valence-corrected chi connectivity index (χ2v) is 4.76. The second kappa shape index (κ2) is 5.21. The van der Waals surface area contributed by atoms with Gasteiger partial charge in [-0.05, 0) is 18.2 Å². The van der Waals surface area contributed by atoms with Crippen molar-refractivity contribution in [2.75, 3.05) is 38.3 Å². The molecule has 1 rings (SSSR count). The Balaban J connectivity index is 2.80. The number of carbonyl (C=O) groups is 1. The highest BCUT2D eigenvalue weighted by Crippen LogP contribution is 2.25. The van der Waals surface area contributed by atoms with Gasteiger partial charge in [-0.3, -0.25) is 4.79 Å². The van der Waals surface area contributed by atoms with Gasteiger partial charge in [0.2, 0.25) is 5.91 Å². The molecule has 0 bridgehead atoms. The molecular formula is C11H16BrN3O. The van der Waals surface area contributed by atoms with E-state index in [0.29, 0.717) is 12.2 Å². The third-order valence-electron chi connectivity index (χ3n) is 2.27. The van der Waals surface area contributed by atoms with Crippen molar-refractivity contribution in [3.63, 3.8) is 0 Å². The van der Waals surface area contributed by atoms with Crippen molar-refractivity contribution in [3.05, 3.63) is 22.7 Å². The van der Waals surface area contributed by atoms with Gasteiger partial charge in [-0.2, -0.15) is 0 Å². The van der Waals surface area contributed by atoms with Crippen LogP contribution in [0.3, 0.4) is 0 Å². The zero-order valence-corrected chi connectivity index (χ0v) is 11.3. The van der Waals surface area contributed by atoms with Gasteiger partial charge >= 0.3 is 0 Å². The Morgan fingerprint density at radius 3 is 2.50 bits per heavy atom. The predicted octanol–water partition coefficient (Wildman–Crippen LogP) is 1.56. The van der Waals surface area contributed by atoms with Crippen LogP contribution in [-0.4, -0.2) is 38.5 Å². The van der Waals surface area contributed by atoms with Crippen LogP contribution in [0.2, 0.25) is 0 Å². The van der Waals surface area contributed by atoms with E-state index in [1.54, 1.807) is 19.0 Å². The number of hydrogen-bond acceptors (Lipinski definition) is 3. The highest BCUT2D eigenvalue weighted by molar-refractivity contribution is 9.10. The minimum Gasteiger partial charge on any atom is -0.397 e. The number of likely N-dealkylation sites (N-methyl/N-ethyl adjacent to an activating group) is 2. The summed E-state index contributed by atoms with van der Waals surface area (Å²) in [5, 5.41) is 0. The van der Waals surface area contributed by atoms with Crippen molar-refractivity contribution in [2.45, 2.75) is 0 Å². The van der Waals surface area contributed by atoms with Gasteiger partial charge in [0.15, 0.2) is 0 Å². The second-order valence-electron chi connectivity index (χ2n) is 3.85. The number of carbonyl (C=O) groups excluding carboxylic acids is 1. The summed E-state index contributed by atoms with van der Waals surface area (Å²) in [6.07, 6.45) is 0. The molecule has 0 atom stereocenters. The number of nitrogens with zero attached hydrogens (tertiary/aromatic N) is 2. The van der Waals surface area contributed by atoms with Crippen LogP contribution in [0.1, 0.15) is 0 Å². The Bertz CT molecular complexity index is 393. The van der Waals surface area contributed by atoms with E-state index in [9.17, 15) is 4.79 Å². The minimum atomic E-state index is 0.0461. The fourth-order valence-electron chi connectivity index (χ4n) is 1.30. The molecule has 16 heavy (non-hydrogen) atoms. The van der Waals surface area contributed by atoms with Crippen molar-refractivity contribution in [1.82, 2.24) is 4.90 Å². The molecule has 4 nitrogen and oxygen atoms in total. The van der Waals surface area contributed by atoms with Gasteiger partial charge in [-0.15, -0.1) is 0 Å². The quantitative estimate of drug-likeness (QED) is 0.858. The molecule has 0 heterocycles. The summed E-state index contributed by atoms with van der Waals surface area (Å²) in [5.41, 5.74) is 7.39. The Kier molecular flexibility index (Phi) is 4.18. The SMILES string of the molecule is CN(C)C(=O)CN(C)c1ccc(Br)cc1N. The van der Waals surface area contributed by atoms with E-state index in [1.807, 2.05) is 30.1 Å². The largest absolute Gasteiger partial charge is 0.397 e. The molecule has 1 aromatic carbocycles. The van der Waals surface area contributed by atoms with Gasteiger partial charge in [-0.25, -0.2) is 0 Å². The lowest BCUT2D eigenvalue weighted by molar-refractivity contribution is -0.127. The fourth-order valence-corrected chi connectivity index (χ4v) is 1.68. The standard InChI is InChI=1S/C11H16BrN3O/c1-14(2)11(16)7-15(3)10-5-4-8(12)6-9(10)13/h4-6H,7,13H2,1-3H3. The molecule has 0 aliphatic rings. The third-order valence-corrected chi connectivity index (χ3v) is 2.77. The lowest BCUT2D eigenvalue weighted by Crippen LogP contribution is -2.34. The number of hydrogen-bond donors (Lipinski definition) is 1. The number of benzene rings is 1. The van der Waals surface area contributed by atoms with Crippen LogP contribution in [0.4, 0.5) is 11.4 Å². The van der Waals surface area contributed by atoms with E-state index in [-0.39, 0.29) is 5.91 Å². The van der Waals surface area contributed by atoms with E-state index < -0.39 is 0 Å². The molecular weight excluding hydrogens is 270 g/mol. The first-order chi connectivity index (χ1) is 7.41. The molecule has 0 unspecified atom stereocenters. The average molecular weight is 286 g/mol. The van der Waals surface area contributed by atoms with E-state index in [1.165, 1.54) is 0 Å². The summed E-state index contributed by atoms with van der Waals surface area (Å²) in [7, 11) is 5.32. The molecule has 0 aromatic heterocycles. The summed E-state index contributed by atoms with van der Waals surface area (Å²) in [5.74, 6) is 0.0461. The molecule has 88 valence electrons. The van der Waals surface area contributed by atoms with Crippen molar-refractivity contribution >= 4 is 33.2 Å². The molecule has 5 heteroatoms. The van der Waals surface area contributed by atoms with Crippen LogP contribution in [0.25, 0.3) is 0 Å². The minimum absolute atomic E-state index is 0.0461. The maximum Gasteiger partial charge on any atom is 0.241 e. The topological polar surface area (TPSA) is 49.6 Å². The first-order valence-corrected chi connectivity index (χ1v) is 5.67. The molecule has 1 amide bonds. The molecule has 0 aliphatic carbocycles. The number of anilines is 2. The van der Waals surface area contributed by atoms with Crippen LogP contribution < -0.4 is 10.6 Å². The smallest absolute Gasteiger partial charge is 0.241 e. The maximum atomic E-state index is 11.5. The molecule has 0 spiro atoms. The molecule has 0 fully saturated rings. The van der Waals surface area contributed by atoms with E-state index in [2.05, 4.69) is 15.9 Å². The van der Waals surface area contributed by atoms with Crippen LogP contribution in [0.15, 0.2) is 22.7 Å². The zero-order valence-electron chi connectivity index (χ0n) is 9.70. The van der Waals surface area contributed by atoms with Crippen LogP contribution in [0.5, 0.6) is 0 Å². The predicted molar refractivity (Wildman–Crippen MR) is 70.5 cm³/mol. The monoisotopic (exact) mass is 285 g/mol. The van der Waals surface area contributed by atoms with E-state index in [4.69, 9.17) is 5.73 Å². The molecule has 0 radical (unpaired) electrons. The molecule has 0 saturated heterocycles. The van der Waals surface area contributed by atoms with Gasteiger partial charge in [-0.1, -0.05) is 15.9 Å². The van der Waals surface area contributed by atoms with Gasteiger partial charge in [0, 0.05) is 25.6 Å². The summed E-state index contributed by atoms with van der Waals surface area (Å²) in [6, 6.07) is 5.62. The van der Waals surface area contributed by atoms with Crippen molar-refractivity contribution in [2.24, 2.45) is 0 Å². The lowest BCUT2D eigenvalue weighted by atomic mass is 10.2. The van der Waals surface area contributed by atoms with Crippen molar-refractivity contribution in [3.8, 4) is 0 Å². The summed E-state index contributed by atoms with van der Waals surface area (Å²) < 4.78 is 0.932. The first kappa shape index (κ1) is 12.8. The third kappa shape index (κ3) is 3.13. The average Bonchev–Trinajstić information content (AvgIpc) is 2.16. The summed E-state index contributed by atoms with van der Waals surface area (Å²) >= 11 is 3.35. The number of halogens is 1. The van der Waals surface area contributed by atoms with Crippen LogP contribution in [-0.2, 0) is 4.79 Å². The highest BCUT2D eigenvalue weighted by Gasteiger charge is 2.11. The van der Waals surface area contributed by atoms with E-state index >= 15 is 0 Å². The first-order valence-electron chi connectivity index (χ1n) is 4.88. The Morgan fingerprint density at radius 2 is 2.00 bits per heavy atom. The highest BCUT2D eigenvalue weighted by atomic mass is 79.9. The maximum absolute atomic E-state index is 11.5. The Morgan fingerprint density at radius 1 is 1.38 bits per heavy atom. The van der Waals surface area contributed by atoms with Crippen molar-refractivity contribution in [1.29, 1.82) is 0 Å². The number of nitrogen functional groups attached to an aromatic ring is 1. The van der Waals surface area contributed by atoms with Gasteiger partial charge in [0.25, 0.3) is 0 Å². The molecule has 2 N–H and O–H groups in total. The number of nitrogens with two attached hydrogens (primary N) is 1. The Hall–Kier alpha value is -1.23. The Labute approximate surface area is 104 Å². The van der Waals surface area contributed by atoms with Crippen LogP contribution >= 0.6 is 15.9 Å².